The topological polar surface area (TPSA) is 138 Å². The largest absolute Gasteiger partial charge is 0.480 e. The van der Waals surface area contributed by atoms with Gasteiger partial charge in [0.05, 0.1) is 4.90 Å². The molecule has 10 heteroatoms. The Labute approximate surface area is 185 Å². The van der Waals surface area contributed by atoms with E-state index in [1.54, 1.807) is 18.2 Å². The number of carbonyl (C=O) groups excluding carboxylic acids is 1. The van der Waals surface area contributed by atoms with E-state index in [1.165, 1.54) is 12.1 Å². The SMILES string of the molecule is C=CCNC(=O)NCCCCC(NS(=O)(=O)c1ccc2oc3ccccc3c2c1)C(=O)O. The van der Waals surface area contributed by atoms with Crippen molar-refractivity contribution in [2.75, 3.05) is 13.1 Å². The van der Waals surface area contributed by atoms with Gasteiger partial charge in [-0.3, -0.25) is 4.79 Å². The average Bonchev–Trinajstić information content (AvgIpc) is 3.14. The highest BCUT2D eigenvalue weighted by molar-refractivity contribution is 7.89. The molecule has 9 nitrogen and oxygen atoms in total. The molecule has 0 saturated carbocycles. The quantitative estimate of drug-likeness (QED) is 0.257. The van der Waals surface area contributed by atoms with E-state index in [0.717, 1.165) is 5.39 Å². The second kappa shape index (κ2) is 10.3. The highest BCUT2D eigenvalue weighted by atomic mass is 32.2. The fraction of sp³-hybridized carbons (Fsp3) is 0.273. The smallest absolute Gasteiger partial charge is 0.321 e. The third kappa shape index (κ3) is 5.65. The van der Waals surface area contributed by atoms with E-state index in [2.05, 4.69) is 21.9 Å². The minimum atomic E-state index is -4.07. The van der Waals surface area contributed by atoms with Crippen LogP contribution in [-0.2, 0) is 14.8 Å². The molecule has 4 N–H and O–H groups in total. The lowest BCUT2D eigenvalue weighted by atomic mass is 10.1. The Hall–Kier alpha value is -3.37. The van der Waals surface area contributed by atoms with Crippen molar-refractivity contribution in [1.29, 1.82) is 0 Å². The number of rotatable bonds is 11. The number of unbranched alkanes of at least 4 members (excludes halogenated alkanes) is 1. The van der Waals surface area contributed by atoms with Crippen molar-refractivity contribution >= 4 is 44.0 Å². The molecule has 3 rings (SSSR count). The summed E-state index contributed by atoms with van der Waals surface area (Å²) in [4.78, 5) is 23.0. The zero-order chi connectivity index (χ0) is 23.1. The molecule has 1 heterocycles. The zero-order valence-corrected chi connectivity index (χ0v) is 18.2. The van der Waals surface area contributed by atoms with Crippen LogP contribution in [0, 0.1) is 0 Å². The molecule has 32 heavy (non-hydrogen) atoms. The maximum atomic E-state index is 12.8. The normalized spacial score (nSPS) is 12.5. The molecule has 170 valence electrons. The number of carboxylic acids is 1. The van der Waals surface area contributed by atoms with Crippen molar-refractivity contribution in [2.24, 2.45) is 0 Å². The number of carboxylic acid groups (broad SMARTS) is 1. The second-order valence-corrected chi connectivity index (χ2v) is 8.90. The number of hydrogen-bond donors (Lipinski definition) is 4. The Kier molecular flexibility index (Phi) is 7.49. The summed E-state index contributed by atoms with van der Waals surface area (Å²) in [5.74, 6) is -1.26. The number of carbonyl (C=O) groups is 2. The van der Waals surface area contributed by atoms with Gasteiger partial charge in [-0.05, 0) is 43.5 Å². The number of sulfonamides is 1. The molecule has 0 aliphatic rings. The lowest BCUT2D eigenvalue weighted by Crippen LogP contribution is -2.41. The molecule has 1 aromatic heterocycles. The van der Waals surface area contributed by atoms with Crippen molar-refractivity contribution in [3.63, 3.8) is 0 Å². The third-order valence-corrected chi connectivity index (χ3v) is 6.34. The van der Waals surface area contributed by atoms with Crippen molar-refractivity contribution < 1.29 is 27.5 Å². The maximum Gasteiger partial charge on any atom is 0.321 e. The van der Waals surface area contributed by atoms with E-state index >= 15 is 0 Å². The molecule has 1 unspecified atom stereocenters. The van der Waals surface area contributed by atoms with Crippen LogP contribution in [0.3, 0.4) is 0 Å². The molecule has 2 aromatic carbocycles. The van der Waals surface area contributed by atoms with Crippen LogP contribution in [0.4, 0.5) is 4.79 Å². The lowest BCUT2D eigenvalue weighted by molar-refractivity contribution is -0.139. The standard InChI is InChI=1S/C22H25N3O6S/c1-2-12-23-22(28)24-13-6-5-8-18(21(26)27)25-32(29,30)15-10-11-20-17(14-15)16-7-3-4-9-19(16)31-20/h2-4,7,9-11,14,18,25H,1,5-6,8,12-13H2,(H,26,27)(H2,23,24,28). The molecule has 0 spiro atoms. The van der Waals surface area contributed by atoms with Gasteiger partial charge in [0, 0.05) is 23.9 Å². The molecule has 0 radical (unpaired) electrons. The minimum Gasteiger partial charge on any atom is -0.480 e. The van der Waals surface area contributed by atoms with Gasteiger partial charge in [-0.25, -0.2) is 13.2 Å². The molecule has 0 fully saturated rings. The lowest BCUT2D eigenvalue weighted by Gasteiger charge is -2.15. The first-order valence-electron chi connectivity index (χ1n) is 10.1. The monoisotopic (exact) mass is 459 g/mol. The van der Waals surface area contributed by atoms with E-state index in [1.807, 2.05) is 18.2 Å². The fourth-order valence-corrected chi connectivity index (χ4v) is 4.51. The molecular weight excluding hydrogens is 434 g/mol. The number of hydrogen-bond acceptors (Lipinski definition) is 5. The Morgan fingerprint density at radius 3 is 2.56 bits per heavy atom. The molecule has 0 saturated heterocycles. The summed E-state index contributed by atoms with van der Waals surface area (Å²) in [6.07, 6.45) is 2.55. The van der Waals surface area contributed by atoms with Crippen LogP contribution in [0.25, 0.3) is 21.9 Å². The van der Waals surface area contributed by atoms with Crippen LogP contribution < -0.4 is 15.4 Å². The predicted molar refractivity (Wildman–Crippen MR) is 121 cm³/mol. The number of fused-ring (bicyclic) bond motifs is 3. The zero-order valence-electron chi connectivity index (χ0n) is 17.3. The molecular formula is C22H25N3O6S. The fourth-order valence-electron chi connectivity index (χ4n) is 3.26. The summed E-state index contributed by atoms with van der Waals surface area (Å²) in [6, 6.07) is 10.1. The number of para-hydroxylation sites is 1. The van der Waals surface area contributed by atoms with Gasteiger partial charge in [0.15, 0.2) is 0 Å². The van der Waals surface area contributed by atoms with Crippen LogP contribution in [0.15, 0.2) is 64.4 Å². The summed E-state index contributed by atoms with van der Waals surface area (Å²) in [5, 5.41) is 16.1. The van der Waals surface area contributed by atoms with Crippen LogP contribution in [0.5, 0.6) is 0 Å². The Bertz CT molecular complexity index is 1230. The minimum absolute atomic E-state index is 0.0386. The summed E-state index contributed by atoms with van der Waals surface area (Å²) in [5.41, 5.74) is 1.18. The summed E-state index contributed by atoms with van der Waals surface area (Å²) < 4.78 is 33.7. The van der Waals surface area contributed by atoms with Crippen molar-refractivity contribution in [3.05, 3.63) is 55.1 Å². The molecule has 1 atom stereocenters. The van der Waals surface area contributed by atoms with Crippen LogP contribution >= 0.6 is 0 Å². The van der Waals surface area contributed by atoms with Gasteiger partial charge >= 0.3 is 12.0 Å². The molecule has 0 aliphatic carbocycles. The van der Waals surface area contributed by atoms with Crippen molar-refractivity contribution in [2.45, 2.75) is 30.2 Å². The number of amides is 2. The van der Waals surface area contributed by atoms with E-state index in [4.69, 9.17) is 4.42 Å². The number of benzene rings is 2. The average molecular weight is 460 g/mol. The number of furan rings is 1. The van der Waals surface area contributed by atoms with Crippen LogP contribution in [0.1, 0.15) is 19.3 Å². The number of aliphatic carboxylic acids is 1. The summed E-state index contributed by atoms with van der Waals surface area (Å²) in [6.45, 7) is 4.18. The highest BCUT2D eigenvalue weighted by Gasteiger charge is 2.25. The van der Waals surface area contributed by atoms with Crippen LogP contribution in [-0.4, -0.2) is 44.7 Å². The van der Waals surface area contributed by atoms with Gasteiger partial charge in [0.2, 0.25) is 10.0 Å². The first-order chi connectivity index (χ1) is 15.3. The predicted octanol–water partition coefficient (Wildman–Crippen LogP) is 2.97. The van der Waals surface area contributed by atoms with Gasteiger partial charge in [0.25, 0.3) is 0 Å². The van der Waals surface area contributed by atoms with Gasteiger partial charge in [-0.15, -0.1) is 6.58 Å². The van der Waals surface area contributed by atoms with Gasteiger partial charge in [0.1, 0.15) is 17.2 Å². The molecule has 0 aliphatic heterocycles. The van der Waals surface area contributed by atoms with Gasteiger partial charge < -0.3 is 20.2 Å². The maximum absolute atomic E-state index is 12.8. The Morgan fingerprint density at radius 2 is 1.81 bits per heavy atom. The highest BCUT2D eigenvalue weighted by Crippen LogP contribution is 2.30. The van der Waals surface area contributed by atoms with Crippen molar-refractivity contribution in [3.8, 4) is 0 Å². The third-order valence-electron chi connectivity index (χ3n) is 4.87. The van der Waals surface area contributed by atoms with Gasteiger partial charge in [-0.1, -0.05) is 24.3 Å². The Morgan fingerprint density at radius 1 is 1.06 bits per heavy atom. The molecule has 3 aromatic rings. The molecule has 0 bridgehead atoms. The van der Waals surface area contributed by atoms with Gasteiger partial charge in [-0.2, -0.15) is 4.72 Å². The number of nitrogens with one attached hydrogen (secondary N) is 3. The summed E-state index contributed by atoms with van der Waals surface area (Å²) in [7, 11) is -4.07. The first-order valence-corrected chi connectivity index (χ1v) is 11.6. The van der Waals surface area contributed by atoms with Crippen LogP contribution in [0.2, 0.25) is 0 Å². The number of urea groups is 1. The van der Waals surface area contributed by atoms with E-state index < -0.39 is 22.0 Å². The Balaban J connectivity index is 1.64. The first kappa shape index (κ1) is 23.3. The van der Waals surface area contributed by atoms with E-state index in [9.17, 15) is 23.1 Å². The van der Waals surface area contributed by atoms with Crippen molar-refractivity contribution in [1.82, 2.24) is 15.4 Å². The van der Waals surface area contributed by atoms with E-state index in [0.29, 0.717) is 42.5 Å². The summed E-state index contributed by atoms with van der Waals surface area (Å²) >= 11 is 0. The molecule has 2 amide bonds. The van der Waals surface area contributed by atoms with E-state index in [-0.39, 0.29) is 17.3 Å². The second-order valence-electron chi connectivity index (χ2n) is 7.19.